The second-order valence-corrected chi connectivity index (χ2v) is 11.7. The largest absolute Gasteiger partial charge is 0.490 e. The third-order valence-electron chi connectivity index (χ3n) is 8.80. The van der Waals surface area contributed by atoms with Crippen LogP contribution in [-0.4, -0.2) is 66.2 Å². The van der Waals surface area contributed by atoms with Gasteiger partial charge >= 0.3 is 0 Å². The first kappa shape index (κ1) is 25.0. The van der Waals surface area contributed by atoms with Crippen LogP contribution in [-0.2, 0) is 11.3 Å². The van der Waals surface area contributed by atoms with Gasteiger partial charge in [0.1, 0.15) is 29.7 Å². The lowest BCUT2D eigenvalue weighted by Gasteiger charge is -2.45. The van der Waals surface area contributed by atoms with E-state index in [1.807, 2.05) is 11.8 Å². The van der Waals surface area contributed by atoms with Crippen LogP contribution in [0.5, 0.6) is 5.75 Å². The molecule has 202 valence electrons. The lowest BCUT2D eigenvalue weighted by molar-refractivity contribution is -0.150. The zero-order valence-electron chi connectivity index (χ0n) is 21.7. The van der Waals surface area contributed by atoms with Crippen LogP contribution in [0.1, 0.15) is 58.3 Å². The maximum atomic E-state index is 14.2. The molecule has 1 aromatic carbocycles. The quantitative estimate of drug-likeness (QED) is 0.509. The van der Waals surface area contributed by atoms with Gasteiger partial charge in [0.25, 0.3) is 5.56 Å². The van der Waals surface area contributed by atoms with E-state index in [0.29, 0.717) is 61.2 Å². The van der Waals surface area contributed by atoms with Crippen LogP contribution in [0.2, 0.25) is 0 Å². The summed E-state index contributed by atoms with van der Waals surface area (Å²) in [6.45, 7) is 3.16. The molecular weight excluding hydrogens is 489 g/mol. The highest BCUT2D eigenvalue weighted by Crippen LogP contribution is 2.42. The molecule has 0 radical (unpaired) electrons. The molecule has 1 saturated heterocycles. The van der Waals surface area contributed by atoms with E-state index in [1.54, 1.807) is 28.9 Å². The molecule has 38 heavy (non-hydrogen) atoms. The number of carbonyl (C=O) groups is 1. The van der Waals surface area contributed by atoms with E-state index in [2.05, 4.69) is 10.1 Å². The van der Waals surface area contributed by atoms with E-state index in [1.165, 1.54) is 17.1 Å². The predicted molar refractivity (Wildman–Crippen MR) is 139 cm³/mol. The first-order chi connectivity index (χ1) is 18.2. The lowest BCUT2D eigenvalue weighted by Crippen LogP contribution is -2.54. The third kappa shape index (κ3) is 4.48. The molecule has 0 bridgehead atoms. The average molecular weight is 524 g/mol. The van der Waals surface area contributed by atoms with Gasteiger partial charge in [-0.1, -0.05) is 13.3 Å². The summed E-state index contributed by atoms with van der Waals surface area (Å²) < 4.78 is 22.8. The number of halogens is 1. The van der Waals surface area contributed by atoms with E-state index in [4.69, 9.17) is 4.74 Å². The highest BCUT2D eigenvalue weighted by atomic mass is 19.1. The van der Waals surface area contributed by atoms with Gasteiger partial charge in [-0.15, -0.1) is 0 Å². The Morgan fingerprint density at radius 2 is 1.76 bits per heavy atom. The number of hydrogen-bond donors (Lipinski definition) is 1. The van der Waals surface area contributed by atoms with Crippen molar-refractivity contribution in [3.8, 4) is 11.4 Å². The average Bonchev–Trinajstić information content (AvgIpc) is 3.32. The molecule has 1 aliphatic heterocycles. The summed E-state index contributed by atoms with van der Waals surface area (Å²) in [4.78, 5) is 32.4. The van der Waals surface area contributed by atoms with Gasteiger partial charge in [0.15, 0.2) is 5.65 Å². The fraction of sp³-hybridized carbons (Fsp3) is 0.571. The number of piperidine rings is 1. The number of ether oxygens (including phenoxy) is 1. The minimum atomic E-state index is -1.21. The highest BCUT2D eigenvalue weighted by molar-refractivity contribution is 5.83. The Hall–Kier alpha value is -3.27. The monoisotopic (exact) mass is 523 g/mol. The molecule has 2 aromatic heterocycles. The Labute approximate surface area is 220 Å². The molecule has 3 aromatic rings. The third-order valence-corrected chi connectivity index (χ3v) is 8.80. The van der Waals surface area contributed by atoms with Crippen LogP contribution >= 0.6 is 0 Å². The number of hydrogen-bond acceptors (Lipinski definition) is 6. The van der Waals surface area contributed by atoms with Crippen molar-refractivity contribution in [3.05, 3.63) is 47.1 Å². The van der Waals surface area contributed by atoms with E-state index in [0.717, 1.165) is 25.7 Å². The summed E-state index contributed by atoms with van der Waals surface area (Å²) >= 11 is 0. The van der Waals surface area contributed by atoms with Crippen molar-refractivity contribution in [2.75, 3.05) is 19.7 Å². The van der Waals surface area contributed by atoms with Crippen LogP contribution in [0.4, 0.5) is 4.39 Å². The number of benzene rings is 1. The minimum Gasteiger partial charge on any atom is -0.490 e. The standard InChI is InChI=1S/C28H34FN5O4/c1-26(8-2-9-26)25(36)32-14-12-28(37,13-15-32)17-33-19-30-23-22(24(33)35)16-31-34(23)20-4-6-21(7-5-20)38-18-27(29)10-3-11-27/h4-7,16,19,37H,2-3,8-15,17-18H2,1H3. The van der Waals surface area contributed by atoms with Gasteiger partial charge in [0, 0.05) is 18.5 Å². The van der Waals surface area contributed by atoms with E-state index in [9.17, 15) is 19.1 Å². The molecular formula is C28H34FN5O4. The summed E-state index contributed by atoms with van der Waals surface area (Å²) in [6, 6.07) is 7.10. The SMILES string of the molecule is CC1(C(=O)N2CCC(O)(Cn3cnc4c(cnn4-c4ccc(OCC5(F)CCC5)cc4)c3=O)CC2)CCC1. The Bertz CT molecular complexity index is 1400. The fourth-order valence-corrected chi connectivity index (χ4v) is 5.76. The van der Waals surface area contributed by atoms with E-state index < -0.39 is 11.3 Å². The molecule has 3 heterocycles. The molecule has 0 atom stereocenters. The lowest BCUT2D eigenvalue weighted by atomic mass is 9.69. The smallest absolute Gasteiger partial charge is 0.264 e. The normalized spacial score (nSPS) is 21.5. The first-order valence-electron chi connectivity index (χ1n) is 13.5. The van der Waals surface area contributed by atoms with Crippen molar-refractivity contribution in [1.29, 1.82) is 0 Å². The Balaban J connectivity index is 1.13. The summed E-state index contributed by atoms with van der Waals surface area (Å²) in [6.07, 6.45) is 8.70. The minimum absolute atomic E-state index is 0.0538. The number of likely N-dealkylation sites (tertiary alicyclic amines) is 1. The number of carbonyl (C=O) groups excluding carboxylic acids is 1. The van der Waals surface area contributed by atoms with Crippen molar-refractivity contribution in [3.63, 3.8) is 0 Å². The zero-order chi connectivity index (χ0) is 26.5. The summed E-state index contributed by atoms with van der Waals surface area (Å²) in [5, 5.41) is 16.0. The van der Waals surface area contributed by atoms with E-state index >= 15 is 0 Å². The molecule has 10 heteroatoms. The second-order valence-electron chi connectivity index (χ2n) is 11.7. The molecule has 0 spiro atoms. The van der Waals surface area contributed by atoms with Crippen LogP contribution in [0.15, 0.2) is 41.6 Å². The predicted octanol–water partition coefficient (Wildman–Crippen LogP) is 3.40. The topological polar surface area (TPSA) is 102 Å². The van der Waals surface area contributed by atoms with Gasteiger partial charge in [-0.2, -0.15) is 5.10 Å². The molecule has 1 amide bonds. The zero-order valence-corrected chi connectivity index (χ0v) is 21.7. The molecule has 3 fully saturated rings. The van der Waals surface area contributed by atoms with Crippen molar-refractivity contribution >= 4 is 16.9 Å². The number of aromatic nitrogens is 4. The maximum Gasteiger partial charge on any atom is 0.264 e. The van der Waals surface area contributed by atoms with Gasteiger partial charge < -0.3 is 14.7 Å². The Kier molecular flexibility index (Phi) is 6.05. The number of amides is 1. The molecule has 2 aliphatic carbocycles. The maximum absolute atomic E-state index is 14.2. The number of nitrogens with zero attached hydrogens (tertiary/aromatic N) is 5. The van der Waals surface area contributed by atoms with Gasteiger partial charge in [0.2, 0.25) is 5.91 Å². The molecule has 6 rings (SSSR count). The Morgan fingerprint density at radius 1 is 1.08 bits per heavy atom. The molecule has 0 unspecified atom stereocenters. The van der Waals surface area contributed by atoms with E-state index in [-0.39, 0.29) is 30.0 Å². The fourth-order valence-electron chi connectivity index (χ4n) is 5.76. The van der Waals surface area contributed by atoms with Gasteiger partial charge in [-0.3, -0.25) is 14.2 Å². The van der Waals surface area contributed by atoms with Crippen LogP contribution < -0.4 is 10.3 Å². The molecule has 9 nitrogen and oxygen atoms in total. The number of rotatable bonds is 7. The summed E-state index contributed by atoms with van der Waals surface area (Å²) in [5.74, 6) is 0.759. The number of aliphatic hydroxyl groups is 1. The van der Waals surface area contributed by atoms with Gasteiger partial charge in [-0.05, 0) is 69.2 Å². The van der Waals surface area contributed by atoms with Crippen molar-refractivity contribution in [1.82, 2.24) is 24.2 Å². The van der Waals surface area contributed by atoms with Crippen molar-refractivity contribution in [2.24, 2.45) is 5.41 Å². The van der Waals surface area contributed by atoms with Crippen molar-refractivity contribution < 1.29 is 19.0 Å². The second kappa shape index (κ2) is 9.18. The highest BCUT2D eigenvalue weighted by Gasteiger charge is 2.44. The number of fused-ring (bicyclic) bond motifs is 1. The Morgan fingerprint density at radius 3 is 2.37 bits per heavy atom. The van der Waals surface area contributed by atoms with Crippen LogP contribution in [0, 0.1) is 5.41 Å². The van der Waals surface area contributed by atoms with Gasteiger partial charge in [-0.25, -0.2) is 14.1 Å². The van der Waals surface area contributed by atoms with Crippen LogP contribution in [0.25, 0.3) is 16.7 Å². The van der Waals surface area contributed by atoms with Gasteiger partial charge in [0.05, 0.1) is 24.0 Å². The van der Waals surface area contributed by atoms with Crippen LogP contribution in [0.3, 0.4) is 0 Å². The molecule has 1 N–H and O–H groups in total. The van der Waals surface area contributed by atoms with Crippen molar-refractivity contribution in [2.45, 2.75) is 76.1 Å². The molecule has 2 saturated carbocycles. The molecule has 3 aliphatic rings. The summed E-state index contributed by atoms with van der Waals surface area (Å²) in [7, 11) is 0. The summed E-state index contributed by atoms with van der Waals surface area (Å²) in [5.41, 5.74) is -1.70. The number of alkyl halides is 1. The first-order valence-corrected chi connectivity index (χ1v) is 13.5.